The van der Waals surface area contributed by atoms with E-state index >= 15 is 0 Å². The minimum atomic E-state index is -0.698. The van der Waals surface area contributed by atoms with Crippen molar-refractivity contribution in [2.24, 2.45) is 5.92 Å². The van der Waals surface area contributed by atoms with Crippen molar-refractivity contribution in [3.8, 4) is 0 Å². The number of hydrogen-bond acceptors (Lipinski definition) is 4. The molecule has 1 aliphatic carbocycles. The number of carbonyl (C=O) groups excluding carboxylic acids is 2. The number of hydrogen-bond donors (Lipinski definition) is 0. The van der Waals surface area contributed by atoms with Gasteiger partial charge in [-0.3, -0.25) is 4.79 Å². The Morgan fingerprint density at radius 3 is 2.38 bits per heavy atom. The molecule has 2 atom stereocenters. The zero-order valence-electron chi connectivity index (χ0n) is 16.8. The molecule has 4 nitrogen and oxygen atoms in total. The Morgan fingerprint density at radius 1 is 1.12 bits per heavy atom. The monoisotopic (exact) mass is 360 g/mol. The van der Waals surface area contributed by atoms with Crippen LogP contribution in [0.25, 0.3) is 0 Å². The topological polar surface area (TPSA) is 52.6 Å². The summed E-state index contributed by atoms with van der Waals surface area (Å²) in [5, 5.41) is 0. The number of rotatable bonds is 2. The smallest absolute Gasteiger partial charge is 0.334 e. The molecule has 0 radical (unpaired) electrons. The van der Waals surface area contributed by atoms with E-state index in [0.717, 1.165) is 37.7 Å². The minimum absolute atomic E-state index is 0.0728. The zero-order valence-corrected chi connectivity index (χ0v) is 16.8. The first-order chi connectivity index (χ1) is 12.2. The van der Waals surface area contributed by atoms with Crippen LogP contribution in [0, 0.1) is 5.92 Å². The second-order valence-corrected chi connectivity index (χ2v) is 8.08. The third kappa shape index (κ3) is 5.58. The lowest BCUT2D eigenvalue weighted by Crippen LogP contribution is -2.42. The van der Waals surface area contributed by atoms with Gasteiger partial charge in [-0.15, -0.1) is 0 Å². The van der Waals surface area contributed by atoms with Gasteiger partial charge < -0.3 is 9.47 Å². The van der Waals surface area contributed by atoms with Gasteiger partial charge in [0.1, 0.15) is 11.7 Å². The molecule has 0 amide bonds. The second kappa shape index (κ2) is 8.70. The van der Waals surface area contributed by atoms with E-state index in [4.69, 9.17) is 9.47 Å². The maximum Gasteiger partial charge on any atom is 0.334 e. The highest BCUT2D eigenvalue weighted by Crippen LogP contribution is 2.36. The van der Waals surface area contributed by atoms with Gasteiger partial charge in [-0.2, -0.15) is 0 Å². The van der Waals surface area contributed by atoms with Crippen LogP contribution in [0.3, 0.4) is 0 Å². The van der Waals surface area contributed by atoms with Crippen molar-refractivity contribution in [3.63, 3.8) is 0 Å². The van der Waals surface area contributed by atoms with E-state index < -0.39 is 5.60 Å². The first kappa shape index (κ1) is 20.5. The van der Waals surface area contributed by atoms with Gasteiger partial charge in [0, 0.05) is 18.4 Å². The summed E-state index contributed by atoms with van der Waals surface area (Å²) in [7, 11) is 0. The van der Waals surface area contributed by atoms with Gasteiger partial charge in [-0.05, 0) is 72.3 Å². The van der Waals surface area contributed by atoms with Gasteiger partial charge >= 0.3 is 11.9 Å². The normalized spacial score (nSPS) is 29.4. The van der Waals surface area contributed by atoms with Crippen LogP contribution in [-0.2, 0) is 19.1 Å². The lowest BCUT2D eigenvalue weighted by molar-refractivity contribution is -0.165. The molecule has 26 heavy (non-hydrogen) atoms. The molecule has 0 saturated carbocycles. The summed E-state index contributed by atoms with van der Waals surface area (Å²) in [4.78, 5) is 23.9. The number of fused-ring (bicyclic) bond motifs is 1. The number of ether oxygens (including phenoxy) is 2. The summed E-state index contributed by atoms with van der Waals surface area (Å²) in [6.45, 7) is 9.53. The molecular formula is C22H32O4. The Bertz CT molecular complexity index is 637. The van der Waals surface area contributed by atoms with Crippen LogP contribution < -0.4 is 0 Å². The molecule has 144 valence electrons. The molecule has 0 unspecified atom stereocenters. The molecule has 4 heteroatoms. The van der Waals surface area contributed by atoms with Gasteiger partial charge in [0.25, 0.3) is 0 Å². The maximum atomic E-state index is 12.3. The lowest BCUT2D eigenvalue weighted by Gasteiger charge is -2.36. The minimum Gasteiger partial charge on any atom is -0.459 e. The Labute approximate surface area is 157 Å². The largest absolute Gasteiger partial charge is 0.459 e. The lowest BCUT2D eigenvalue weighted by atomic mass is 9.81. The fourth-order valence-electron chi connectivity index (χ4n) is 3.84. The predicted octanol–water partition coefficient (Wildman–Crippen LogP) is 5.04. The van der Waals surface area contributed by atoms with E-state index in [1.54, 1.807) is 0 Å². The summed E-state index contributed by atoms with van der Waals surface area (Å²) >= 11 is 0. The van der Waals surface area contributed by atoms with Crippen LogP contribution in [0.5, 0.6) is 0 Å². The molecule has 2 rings (SSSR count). The van der Waals surface area contributed by atoms with Crippen molar-refractivity contribution in [3.05, 3.63) is 34.9 Å². The quantitative estimate of drug-likeness (QED) is 0.511. The second-order valence-electron chi connectivity index (χ2n) is 8.08. The third-order valence-corrected chi connectivity index (χ3v) is 5.35. The summed E-state index contributed by atoms with van der Waals surface area (Å²) < 4.78 is 11.3. The Kier molecular flexibility index (Phi) is 6.85. The molecule has 1 heterocycles. The van der Waals surface area contributed by atoms with Crippen LogP contribution in [-0.4, -0.2) is 23.6 Å². The Morgan fingerprint density at radius 2 is 1.73 bits per heavy atom. The van der Waals surface area contributed by atoms with Gasteiger partial charge in [-0.25, -0.2) is 4.79 Å². The van der Waals surface area contributed by atoms with Gasteiger partial charge in [0.15, 0.2) is 0 Å². The van der Waals surface area contributed by atoms with Crippen LogP contribution >= 0.6 is 0 Å². The fraction of sp³-hybridized carbons (Fsp3) is 0.636. The molecule has 2 bridgehead atoms. The van der Waals surface area contributed by atoms with Gasteiger partial charge in [0.2, 0.25) is 0 Å². The van der Waals surface area contributed by atoms with E-state index in [2.05, 4.69) is 26.0 Å². The molecule has 0 aromatic rings. The van der Waals surface area contributed by atoms with Crippen LogP contribution in [0.2, 0.25) is 0 Å². The first-order valence-electron chi connectivity index (χ1n) is 9.61. The van der Waals surface area contributed by atoms with Crippen LogP contribution in [0.1, 0.15) is 73.1 Å². The number of allylic oxidation sites excluding steroid dienone is 4. The van der Waals surface area contributed by atoms with Crippen molar-refractivity contribution in [2.75, 3.05) is 0 Å². The highest BCUT2D eigenvalue weighted by molar-refractivity contribution is 5.91. The molecule has 0 aromatic carbocycles. The summed E-state index contributed by atoms with van der Waals surface area (Å²) in [6.07, 6.45) is 11.5. The number of carbonyl (C=O) groups is 2. The predicted molar refractivity (Wildman–Crippen MR) is 103 cm³/mol. The standard InChI is InChI=1S/C22H32O4/c1-15-8-6-9-16(2)12-13-19(22(4,5)26-17(3)23)20-14-18(11-7-10-15)21(24)25-20/h9-10,14,19-20H,6-8,11-13H2,1-5H3/b15-10+,16-9+/t19-,20-/m0/s1. The molecule has 1 aliphatic heterocycles. The molecule has 0 spiro atoms. The molecule has 2 aliphatic rings. The molecule has 0 saturated heterocycles. The van der Waals surface area contributed by atoms with E-state index in [9.17, 15) is 9.59 Å². The SMILES string of the molecule is CC(=O)OC(C)(C)[C@H]1CC/C(C)=C/CC/C(C)=C/CCC2=C[C@@H]1OC2=O. The van der Waals surface area contributed by atoms with Gasteiger partial charge in [-0.1, -0.05) is 23.3 Å². The fourth-order valence-corrected chi connectivity index (χ4v) is 3.84. The van der Waals surface area contributed by atoms with E-state index in [1.807, 2.05) is 19.9 Å². The average Bonchev–Trinajstić information content (AvgIpc) is 2.86. The summed E-state index contributed by atoms with van der Waals surface area (Å²) in [5.41, 5.74) is 2.74. The number of esters is 2. The molecular weight excluding hydrogens is 328 g/mol. The van der Waals surface area contributed by atoms with E-state index in [-0.39, 0.29) is 24.0 Å². The van der Waals surface area contributed by atoms with E-state index in [1.165, 1.54) is 18.1 Å². The summed E-state index contributed by atoms with van der Waals surface area (Å²) in [5.74, 6) is -0.612. The van der Waals surface area contributed by atoms with Crippen molar-refractivity contribution < 1.29 is 19.1 Å². The van der Waals surface area contributed by atoms with Crippen molar-refractivity contribution in [1.29, 1.82) is 0 Å². The molecule has 0 N–H and O–H groups in total. The van der Waals surface area contributed by atoms with Crippen LogP contribution in [0.4, 0.5) is 0 Å². The third-order valence-electron chi connectivity index (χ3n) is 5.35. The highest BCUT2D eigenvalue weighted by atomic mass is 16.6. The summed E-state index contributed by atoms with van der Waals surface area (Å²) in [6, 6.07) is 0. The first-order valence-corrected chi connectivity index (χ1v) is 9.61. The molecule has 0 aromatic heterocycles. The maximum absolute atomic E-state index is 12.3. The van der Waals surface area contributed by atoms with Crippen LogP contribution in [0.15, 0.2) is 34.9 Å². The van der Waals surface area contributed by atoms with Crippen molar-refractivity contribution in [1.82, 2.24) is 0 Å². The highest BCUT2D eigenvalue weighted by Gasteiger charge is 2.42. The molecule has 0 fully saturated rings. The van der Waals surface area contributed by atoms with E-state index in [0.29, 0.717) is 6.42 Å². The average molecular weight is 360 g/mol. The Balaban J connectivity index is 2.30. The van der Waals surface area contributed by atoms with Crippen molar-refractivity contribution >= 4 is 11.9 Å². The van der Waals surface area contributed by atoms with Crippen molar-refractivity contribution in [2.45, 2.75) is 84.8 Å². The zero-order chi connectivity index (χ0) is 19.3. The van der Waals surface area contributed by atoms with Gasteiger partial charge in [0.05, 0.1) is 0 Å². The Hall–Kier alpha value is -1.84.